The molecule has 3 fully saturated rings. The molecule has 0 aromatic rings. The van der Waals surface area contributed by atoms with E-state index in [-0.39, 0.29) is 0 Å². The first kappa shape index (κ1) is 12.7. The van der Waals surface area contributed by atoms with Crippen LogP contribution >= 0.6 is 12.2 Å². The Morgan fingerprint density at radius 2 is 1.67 bits per heavy atom. The Bertz CT molecular complexity index is 289. The number of hydrogen-bond acceptors (Lipinski definition) is 2. The molecule has 0 atom stereocenters. The SMILES string of the molecule is S=C(NC1CC1)N1CCC(CN2CCCC2)CC1. The molecule has 4 heteroatoms. The lowest BCUT2D eigenvalue weighted by atomic mass is 9.96. The molecule has 0 spiro atoms. The summed E-state index contributed by atoms with van der Waals surface area (Å²) in [4.78, 5) is 5.04. The van der Waals surface area contributed by atoms with E-state index in [9.17, 15) is 0 Å². The molecule has 0 aromatic heterocycles. The van der Waals surface area contributed by atoms with Gasteiger partial charge in [-0.2, -0.15) is 0 Å². The minimum Gasteiger partial charge on any atom is -0.360 e. The number of thiocarbonyl (C=S) groups is 1. The molecule has 2 aliphatic heterocycles. The predicted octanol–water partition coefficient (Wildman–Crippen LogP) is 1.83. The smallest absolute Gasteiger partial charge is 0.169 e. The Labute approximate surface area is 116 Å². The third-order valence-electron chi connectivity index (χ3n) is 4.52. The molecule has 0 aromatic carbocycles. The molecular formula is C14H25N3S. The zero-order valence-corrected chi connectivity index (χ0v) is 12.1. The standard InChI is InChI=1S/C14H25N3S/c18-14(15-13-3-4-13)17-9-5-12(6-10-17)11-16-7-1-2-8-16/h12-13H,1-11H2,(H,15,18). The maximum atomic E-state index is 5.48. The van der Waals surface area contributed by atoms with Crippen molar-refractivity contribution in [3.63, 3.8) is 0 Å². The minimum atomic E-state index is 0.694. The quantitative estimate of drug-likeness (QED) is 0.786. The second-order valence-electron chi connectivity index (χ2n) is 6.16. The average Bonchev–Trinajstić information content (AvgIpc) is 3.04. The van der Waals surface area contributed by atoms with Crippen molar-refractivity contribution in [2.45, 2.75) is 44.6 Å². The van der Waals surface area contributed by atoms with Crippen molar-refractivity contribution < 1.29 is 0 Å². The van der Waals surface area contributed by atoms with Crippen LogP contribution in [-0.4, -0.2) is 53.7 Å². The molecule has 102 valence electrons. The van der Waals surface area contributed by atoms with Gasteiger partial charge >= 0.3 is 0 Å². The molecule has 2 saturated heterocycles. The normalized spacial score (nSPS) is 26.6. The summed E-state index contributed by atoms with van der Waals surface area (Å²) < 4.78 is 0. The van der Waals surface area contributed by atoms with Gasteiger partial charge in [0.15, 0.2) is 5.11 Å². The molecule has 0 amide bonds. The van der Waals surface area contributed by atoms with Crippen molar-refractivity contribution in [3.8, 4) is 0 Å². The number of likely N-dealkylation sites (tertiary alicyclic amines) is 2. The summed E-state index contributed by atoms with van der Waals surface area (Å²) in [6.07, 6.45) is 8.09. The van der Waals surface area contributed by atoms with Crippen LogP contribution in [0, 0.1) is 5.92 Å². The van der Waals surface area contributed by atoms with Gasteiger partial charge in [0.25, 0.3) is 0 Å². The van der Waals surface area contributed by atoms with E-state index in [1.165, 1.54) is 58.2 Å². The number of piperidine rings is 1. The molecule has 1 N–H and O–H groups in total. The summed E-state index contributed by atoms with van der Waals surface area (Å²) in [5, 5.41) is 4.47. The van der Waals surface area contributed by atoms with Gasteiger partial charge in [0.05, 0.1) is 0 Å². The second kappa shape index (κ2) is 5.74. The maximum Gasteiger partial charge on any atom is 0.169 e. The monoisotopic (exact) mass is 267 g/mol. The van der Waals surface area contributed by atoms with Gasteiger partial charge in [-0.25, -0.2) is 0 Å². The largest absolute Gasteiger partial charge is 0.360 e. The predicted molar refractivity (Wildman–Crippen MR) is 78.7 cm³/mol. The van der Waals surface area contributed by atoms with Crippen LogP contribution < -0.4 is 5.32 Å². The lowest BCUT2D eigenvalue weighted by Crippen LogP contribution is -2.46. The van der Waals surface area contributed by atoms with Crippen LogP contribution in [0.2, 0.25) is 0 Å². The van der Waals surface area contributed by atoms with E-state index in [2.05, 4.69) is 15.1 Å². The summed E-state index contributed by atoms with van der Waals surface area (Å²) in [6.45, 7) is 6.33. The van der Waals surface area contributed by atoms with Crippen LogP contribution in [0.3, 0.4) is 0 Å². The van der Waals surface area contributed by atoms with Crippen LogP contribution in [0.15, 0.2) is 0 Å². The van der Waals surface area contributed by atoms with Crippen LogP contribution in [0.4, 0.5) is 0 Å². The Hall–Kier alpha value is -0.350. The van der Waals surface area contributed by atoms with E-state index in [1.54, 1.807) is 0 Å². The van der Waals surface area contributed by atoms with Crippen LogP contribution in [0.5, 0.6) is 0 Å². The summed E-state index contributed by atoms with van der Waals surface area (Å²) in [7, 11) is 0. The maximum absolute atomic E-state index is 5.48. The fraction of sp³-hybridized carbons (Fsp3) is 0.929. The minimum absolute atomic E-state index is 0.694. The topological polar surface area (TPSA) is 18.5 Å². The fourth-order valence-electron chi connectivity index (χ4n) is 3.14. The number of nitrogens with zero attached hydrogens (tertiary/aromatic N) is 2. The Kier molecular flexibility index (Phi) is 4.04. The Morgan fingerprint density at radius 1 is 1.00 bits per heavy atom. The summed E-state index contributed by atoms with van der Waals surface area (Å²) in [5.41, 5.74) is 0. The molecule has 0 bridgehead atoms. The van der Waals surface area contributed by atoms with Gasteiger partial charge in [-0.15, -0.1) is 0 Å². The highest BCUT2D eigenvalue weighted by atomic mass is 32.1. The van der Waals surface area contributed by atoms with Gasteiger partial charge in [-0.3, -0.25) is 0 Å². The third-order valence-corrected chi connectivity index (χ3v) is 4.90. The first-order chi connectivity index (χ1) is 8.81. The molecule has 0 radical (unpaired) electrons. The molecule has 2 heterocycles. The lowest BCUT2D eigenvalue weighted by Gasteiger charge is -2.35. The van der Waals surface area contributed by atoms with E-state index in [0.717, 1.165) is 24.1 Å². The highest BCUT2D eigenvalue weighted by Gasteiger charge is 2.27. The molecule has 1 saturated carbocycles. The summed E-state index contributed by atoms with van der Waals surface area (Å²) in [6, 6.07) is 0.694. The van der Waals surface area contributed by atoms with Gasteiger partial charge < -0.3 is 15.1 Å². The average molecular weight is 267 g/mol. The zero-order valence-electron chi connectivity index (χ0n) is 11.2. The van der Waals surface area contributed by atoms with Crippen molar-refractivity contribution in [3.05, 3.63) is 0 Å². The van der Waals surface area contributed by atoms with E-state index in [4.69, 9.17) is 12.2 Å². The number of rotatable bonds is 3. The van der Waals surface area contributed by atoms with Crippen molar-refractivity contribution in [1.29, 1.82) is 0 Å². The number of nitrogens with one attached hydrogen (secondary N) is 1. The first-order valence-electron chi connectivity index (χ1n) is 7.59. The van der Waals surface area contributed by atoms with Gasteiger partial charge in [0.1, 0.15) is 0 Å². The van der Waals surface area contributed by atoms with E-state index < -0.39 is 0 Å². The fourth-order valence-corrected chi connectivity index (χ4v) is 3.49. The van der Waals surface area contributed by atoms with Gasteiger partial charge in [-0.1, -0.05) is 0 Å². The molecule has 3 aliphatic rings. The van der Waals surface area contributed by atoms with Crippen LogP contribution in [-0.2, 0) is 0 Å². The van der Waals surface area contributed by atoms with Crippen molar-refractivity contribution in [2.24, 2.45) is 5.92 Å². The van der Waals surface area contributed by atoms with Crippen LogP contribution in [0.1, 0.15) is 38.5 Å². The Morgan fingerprint density at radius 3 is 2.28 bits per heavy atom. The van der Waals surface area contributed by atoms with Gasteiger partial charge in [0.2, 0.25) is 0 Å². The Balaban J connectivity index is 1.38. The van der Waals surface area contributed by atoms with E-state index in [1.807, 2.05) is 0 Å². The molecular weight excluding hydrogens is 242 g/mol. The van der Waals surface area contributed by atoms with Gasteiger partial charge in [0, 0.05) is 25.7 Å². The summed E-state index contributed by atoms with van der Waals surface area (Å²) >= 11 is 5.48. The zero-order chi connectivity index (χ0) is 12.4. The van der Waals surface area contributed by atoms with Crippen molar-refractivity contribution in [1.82, 2.24) is 15.1 Å². The lowest BCUT2D eigenvalue weighted by molar-refractivity contribution is 0.200. The molecule has 3 nitrogen and oxygen atoms in total. The van der Waals surface area contributed by atoms with E-state index >= 15 is 0 Å². The first-order valence-corrected chi connectivity index (χ1v) is 8.00. The summed E-state index contributed by atoms with van der Waals surface area (Å²) in [5.74, 6) is 0.906. The van der Waals surface area contributed by atoms with Crippen LogP contribution in [0.25, 0.3) is 0 Å². The van der Waals surface area contributed by atoms with Gasteiger partial charge in [-0.05, 0) is 69.8 Å². The molecule has 1 aliphatic carbocycles. The second-order valence-corrected chi connectivity index (χ2v) is 6.55. The molecule has 18 heavy (non-hydrogen) atoms. The molecule has 3 rings (SSSR count). The van der Waals surface area contributed by atoms with E-state index in [0.29, 0.717) is 6.04 Å². The third kappa shape index (κ3) is 3.35. The highest BCUT2D eigenvalue weighted by molar-refractivity contribution is 7.80. The van der Waals surface area contributed by atoms with Crippen molar-refractivity contribution in [2.75, 3.05) is 32.7 Å². The highest BCUT2D eigenvalue weighted by Crippen LogP contribution is 2.22. The van der Waals surface area contributed by atoms with Crippen molar-refractivity contribution >= 4 is 17.3 Å². The number of hydrogen-bond donors (Lipinski definition) is 1. The molecule has 0 unspecified atom stereocenters.